The molecule has 158 valence electrons. The summed E-state index contributed by atoms with van der Waals surface area (Å²) in [6.07, 6.45) is 1.50. The SMILES string of the molecule is Cc1cc(C(C)(C)C)cc(C)c1S(=O)(=O)N1CCN(C(=O)c2ccoc2C)CC1. The van der Waals surface area contributed by atoms with Crippen LogP contribution in [-0.2, 0) is 15.4 Å². The van der Waals surface area contributed by atoms with E-state index in [-0.39, 0.29) is 24.4 Å². The predicted molar refractivity (Wildman–Crippen MR) is 113 cm³/mol. The summed E-state index contributed by atoms with van der Waals surface area (Å²) in [6, 6.07) is 5.60. The molecule has 7 heteroatoms. The highest BCUT2D eigenvalue weighted by atomic mass is 32.2. The number of carbonyl (C=O) groups is 1. The molecule has 0 N–H and O–H groups in total. The van der Waals surface area contributed by atoms with Crippen molar-refractivity contribution in [2.24, 2.45) is 0 Å². The maximum atomic E-state index is 13.4. The van der Waals surface area contributed by atoms with Gasteiger partial charge in [0.1, 0.15) is 5.76 Å². The van der Waals surface area contributed by atoms with Crippen molar-refractivity contribution >= 4 is 15.9 Å². The summed E-state index contributed by atoms with van der Waals surface area (Å²) >= 11 is 0. The molecule has 1 fully saturated rings. The molecule has 0 radical (unpaired) electrons. The monoisotopic (exact) mass is 418 g/mol. The molecule has 6 nitrogen and oxygen atoms in total. The highest BCUT2D eigenvalue weighted by Gasteiger charge is 2.33. The van der Waals surface area contributed by atoms with Gasteiger partial charge in [0, 0.05) is 26.2 Å². The fraction of sp³-hybridized carbons (Fsp3) is 0.500. The Morgan fingerprint density at radius 3 is 2.00 bits per heavy atom. The van der Waals surface area contributed by atoms with E-state index in [4.69, 9.17) is 4.42 Å². The smallest absolute Gasteiger partial charge is 0.257 e. The van der Waals surface area contributed by atoms with Crippen LogP contribution < -0.4 is 0 Å². The minimum Gasteiger partial charge on any atom is -0.469 e. The first-order valence-corrected chi connectivity index (χ1v) is 11.3. The van der Waals surface area contributed by atoms with Gasteiger partial charge < -0.3 is 9.32 Å². The Morgan fingerprint density at radius 2 is 1.55 bits per heavy atom. The number of carbonyl (C=O) groups excluding carboxylic acids is 1. The summed E-state index contributed by atoms with van der Waals surface area (Å²) in [5, 5.41) is 0. The molecule has 0 aliphatic carbocycles. The van der Waals surface area contributed by atoms with E-state index in [1.807, 2.05) is 26.0 Å². The maximum Gasteiger partial charge on any atom is 0.257 e. The van der Waals surface area contributed by atoms with Crippen LogP contribution in [0.25, 0.3) is 0 Å². The molecule has 1 saturated heterocycles. The maximum absolute atomic E-state index is 13.4. The number of furan rings is 1. The van der Waals surface area contributed by atoms with Crippen molar-refractivity contribution in [3.63, 3.8) is 0 Å². The van der Waals surface area contributed by atoms with Crippen molar-refractivity contribution in [3.8, 4) is 0 Å². The minimum atomic E-state index is -3.62. The van der Waals surface area contributed by atoms with Gasteiger partial charge in [-0.3, -0.25) is 4.79 Å². The molecule has 0 saturated carbocycles. The Kier molecular flexibility index (Phi) is 5.66. The Bertz CT molecular complexity index is 1000. The third-order valence-electron chi connectivity index (χ3n) is 5.54. The Morgan fingerprint density at radius 1 is 1.00 bits per heavy atom. The number of hydrogen-bond acceptors (Lipinski definition) is 4. The van der Waals surface area contributed by atoms with Gasteiger partial charge in [-0.2, -0.15) is 4.31 Å². The van der Waals surface area contributed by atoms with Crippen LogP contribution in [0.3, 0.4) is 0 Å². The summed E-state index contributed by atoms with van der Waals surface area (Å²) in [5.74, 6) is 0.463. The third-order valence-corrected chi connectivity index (χ3v) is 7.74. The van der Waals surface area contributed by atoms with Gasteiger partial charge in [0.2, 0.25) is 10.0 Å². The summed E-state index contributed by atoms with van der Waals surface area (Å²) in [4.78, 5) is 14.7. The molecule has 3 rings (SSSR count). The summed E-state index contributed by atoms with van der Waals surface area (Å²) in [5.41, 5.74) is 3.14. The normalized spacial score (nSPS) is 16.3. The van der Waals surface area contributed by atoms with E-state index in [9.17, 15) is 13.2 Å². The second-order valence-corrected chi connectivity index (χ2v) is 10.7. The van der Waals surface area contributed by atoms with Crippen LogP contribution in [0.4, 0.5) is 0 Å². The van der Waals surface area contributed by atoms with Gasteiger partial charge in [0.05, 0.1) is 16.7 Å². The number of aryl methyl sites for hydroxylation is 3. The van der Waals surface area contributed by atoms with Crippen molar-refractivity contribution < 1.29 is 17.6 Å². The van der Waals surface area contributed by atoms with E-state index in [0.717, 1.165) is 16.7 Å². The molecule has 0 spiro atoms. The van der Waals surface area contributed by atoms with Crippen molar-refractivity contribution in [1.82, 2.24) is 9.21 Å². The van der Waals surface area contributed by atoms with Crippen LogP contribution in [0.1, 0.15) is 53.6 Å². The van der Waals surface area contributed by atoms with Gasteiger partial charge in [0.15, 0.2) is 0 Å². The Hall–Kier alpha value is -2.12. The van der Waals surface area contributed by atoms with E-state index in [1.54, 1.807) is 17.9 Å². The van der Waals surface area contributed by atoms with E-state index >= 15 is 0 Å². The van der Waals surface area contributed by atoms with Crippen LogP contribution in [0, 0.1) is 20.8 Å². The fourth-order valence-corrected chi connectivity index (χ4v) is 5.66. The first kappa shape index (κ1) is 21.6. The molecule has 1 aromatic carbocycles. The number of benzene rings is 1. The molecule has 0 unspecified atom stereocenters. The topological polar surface area (TPSA) is 70.8 Å². The first-order chi connectivity index (χ1) is 13.4. The molecule has 1 amide bonds. The average molecular weight is 419 g/mol. The first-order valence-electron chi connectivity index (χ1n) is 9.88. The van der Waals surface area contributed by atoms with Gasteiger partial charge >= 0.3 is 0 Å². The number of nitrogens with zero attached hydrogens (tertiary/aromatic N) is 2. The van der Waals surface area contributed by atoms with E-state index in [0.29, 0.717) is 29.3 Å². The van der Waals surface area contributed by atoms with E-state index < -0.39 is 10.0 Å². The lowest BCUT2D eigenvalue weighted by atomic mass is 9.85. The highest BCUT2D eigenvalue weighted by Crippen LogP contribution is 2.31. The molecular formula is C22H30N2O4S. The molecule has 1 aliphatic heterocycles. The number of hydrogen-bond donors (Lipinski definition) is 0. The van der Waals surface area contributed by atoms with Crippen molar-refractivity contribution in [2.45, 2.75) is 51.9 Å². The van der Waals surface area contributed by atoms with Crippen LogP contribution >= 0.6 is 0 Å². The van der Waals surface area contributed by atoms with Gasteiger partial charge in [-0.15, -0.1) is 0 Å². The van der Waals surface area contributed by atoms with Crippen LogP contribution in [-0.4, -0.2) is 49.7 Å². The summed E-state index contributed by atoms with van der Waals surface area (Å²) < 4.78 is 33.4. The highest BCUT2D eigenvalue weighted by molar-refractivity contribution is 7.89. The Labute approximate surface area is 173 Å². The zero-order valence-electron chi connectivity index (χ0n) is 18.1. The van der Waals surface area contributed by atoms with Crippen LogP contribution in [0.2, 0.25) is 0 Å². The second-order valence-electron chi connectivity index (χ2n) is 8.78. The lowest BCUT2D eigenvalue weighted by molar-refractivity contribution is 0.0696. The molecule has 0 atom stereocenters. The number of amides is 1. The number of sulfonamides is 1. The van der Waals surface area contributed by atoms with Crippen LogP contribution in [0.5, 0.6) is 0 Å². The van der Waals surface area contributed by atoms with Gasteiger partial charge in [-0.05, 0) is 48.9 Å². The van der Waals surface area contributed by atoms with Crippen molar-refractivity contribution in [1.29, 1.82) is 0 Å². The number of rotatable bonds is 3. The fourth-order valence-electron chi connectivity index (χ4n) is 3.83. The third kappa shape index (κ3) is 4.12. The quantitative estimate of drug-likeness (QED) is 0.763. The average Bonchev–Trinajstić information content (AvgIpc) is 3.05. The predicted octanol–water partition coefficient (Wildman–Crippen LogP) is 3.65. The zero-order valence-corrected chi connectivity index (χ0v) is 18.9. The molecule has 1 aromatic heterocycles. The molecule has 0 bridgehead atoms. The van der Waals surface area contributed by atoms with E-state index in [1.165, 1.54) is 10.6 Å². The molecule has 2 aromatic rings. The molecule has 2 heterocycles. The summed E-state index contributed by atoms with van der Waals surface area (Å²) in [6.45, 7) is 13.1. The van der Waals surface area contributed by atoms with Gasteiger partial charge in [0.25, 0.3) is 5.91 Å². The van der Waals surface area contributed by atoms with Crippen molar-refractivity contribution in [2.75, 3.05) is 26.2 Å². The number of piperazine rings is 1. The summed E-state index contributed by atoms with van der Waals surface area (Å²) in [7, 11) is -3.62. The second kappa shape index (κ2) is 7.61. The van der Waals surface area contributed by atoms with Gasteiger partial charge in [-0.1, -0.05) is 32.9 Å². The van der Waals surface area contributed by atoms with Crippen LogP contribution in [0.15, 0.2) is 33.8 Å². The lowest BCUT2D eigenvalue weighted by Crippen LogP contribution is -2.50. The van der Waals surface area contributed by atoms with E-state index in [2.05, 4.69) is 20.8 Å². The minimum absolute atomic E-state index is 0.0466. The Balaban J connectivity index is 1.80. The molecule has 1 aliphatic rings. The standard InChI is InChI=1S/C22H30N2O4S/c1-15-13-18(22(4,5)6)14-16(2)20(15)29(26,27)24-10-8-23(9-11-24)21(25)19-7-12-28-17(19)3/h7,12-14H,8-11H2,1-6H3. The van der Waals surface area contributed by atoms with Gasteiger partial charge in [-0.25, -0.2) is 8.42 Å². The van der Waals surface area contributed by atoms with Crippen molar-refractivity contribution in [3.05, 3.63) is 52.5 Å². The molecular weight excluding hydrogens is 388 g/mol. The molecule has 29 heavy (non-hydrogen) atoms. The largest absolute Gasteiger partial charge is 0.469 e. The zero-order chi connectivity index (χ0) is 21.6. The lowest BCUT2D eigenvalue weighted by Gasteiger charge is -2.34.